The summed E-state index contributed by atoms with van der Waals surface area (Å²) in [5.74, 6) is 0. The van der Waals surface area contributed by atoms with Gasteiger partial charge in [-0.15, -0.1) is 0 Å². The summed E-state index contributed by atoms with van der Waals surface area (Å²) in [4.78, 5) is 0.0546. The van der Waals surface area contributed by atoms with Crippen molar-refractivity contribution in [3.63, 3.8) is 0 Å². The van der Waals surface area contributed by atoms with Gasteiger partial charge in [-0.05, 0) is 25.1 Å². The fourth-order valence-corrected chi connectivity index (χ4v) is 3.34. The molecular weight excluding hydrogens is 288 g/mol. The van der Waals surface area contributed by atoms with E-state index >= 15 is 0 Å². The van der Waals surface area contributed by atoms with Crippen LogP contribution in [0.1, 0.15) is 11.1 Å². The first-order valence-corrected chi connectivity index (χ1v) is 7.52. The Morgan fingerprint density at radius 1 is 1.14 bits per heavy atom. The van der Waals surface area contributed by atoms with Gasteiger partial charge < -0.3 is 5.21 Å². The molecule has 0 amide bonds. The van der Waals surface area contributed by atoms with E-state index in [0.717, 1.165) is 5.56 Å². The first-order valence-electron chi connectivity index (χ1n) is 6.04. The van der Waals surface area contributed by atoms with Crippen LogP contribution in [-0.2, 0) is 9.84 Å². The van der Waals surface area contributed by atoms with Gasteiger partial charge in [0.25, 0.3) is 0 Å². The Hall–Kier alpha value is -2.65. The van der Waals surface area contributed by atoms with Crippen LogP contribution in [0, 0.1) is 18.3 Å². The molecule has 0 aromatic heterocycles. The SMILES string of the molecule is Cc1ccc(S(=O)(=O)c2ccccc2C(C#N)=NO)cc1. The fourth-order valence-electron chi connectivity index (χ4n) is 1.88. The number of hydrogen-bond donors (Lipinski definition) is 1. The molecular formula is C15H12N2O3S. The molecule has 0 saturated heterocycles. The molecule has 0 atom stereocenters. The lowest BCUT2D eigenvalue weighted by molar-refractivity contribution is 0.320. The maximum atomic E-state index is 12.7. The highest BCUT2D eigenvalue weighted by Gasteiger charge is 2.23. The predicted octanol–water partition coefficient (Wildman–Crippen LogP) is 2.53. The van der Waals surface area contributed by atoms with Crippen LogP contribution in [-0.4, -0.2) is 19.3 Å². The van der Waals surface area contributed by atoms with Crippen LogP contribution in [0.3, 0.4) is 0 Å². The molecule has 0 aliphatic rings. The molecule has 0 aliphatic carbocycles. The topological polar surface area (TPSA) is 90.5 Å². The molecule has 0 heterocycles. The van der Waals surface area contributed by atoms with Crippen molar-refractivity contribution in [2.45, 2.75) is 16.7 Å². The molecule has 2 aromatic rings. The molecule has 0 spiro atoms. The third-order valence-corrected chi connectivity index (χ3v) is 4.80. The lowest BCUT2D eigenvalue weighted by Gasteiger charge is -2.09. The highest BCUT2D eigenvalue weighted by atomic mass is 32.2. The number of hydrogen-bond acceptors (Lipinski definition) is 5. The minimum Gasteiger partial charge on any atom is -0.410 e. The van der Waals surface area contributed by atoms with E-state index in [2.05, 4.69) is 5.16 Å². The van der Waals surface area contributed by atoms with Crippen LogP contribution < -0.4 is 0 Å². The van der Waals surface area contributed by atoms with Gasteiger partial charge in [0.05, 0.1) is 9.79 Å². The number of oxime groups is 1. The smallest absolute Gasteiger partial charge is 0.207 e. The van der Waals surface area contributed by atoms with Crippen molar-refractivity contribution in [2.24, 2.45) is 5.16 Å². The van der Waals surface area contributed by atoms with E-state index in [4.69, 9.17) is 10.5 Å². The van der Waals surface area contributed by atoms with Crippen molar-refractivity contribution in [3.05, 3.63) is 59.7 Å². The van der Waals surface area contributed by atoms with Crippen LogP contribution in [0.4, 0.5) is 0 Å². The van der Waals surface area contributed by atoms with Gasteiger partial charge in [-0.3, -0.25) is 0 Å². The van der Waals surface area contributed by atoms with Gasteiger partial charge in [-0.2, -0.15) is 5.26 Å². The maximum Gasteiger partial charge on any atom is 0.207 e. The highest BCUT2D eigenvalue weighted by molar-refractivity contribution is 7.91. The van der Waals surface area contributed by atoms with Gasteiger partial charge in [0, 0.05) is 5.56 Å². The zero-order chi connectivity index (χ0) is 15.5. The average molecular weight is 300 g/mol. The molecule has 0 aliphatic heterocycles. The summed E-state index contributed by atoms with van der Waals surface area (Å²) in [5, 5.41) is 20.6. The lowest BCUT2D eigenvalue weighted by atomic mass is 10.1. The predicted molar refractivity (Wildman–Crippen MR) is 77.0 cm³/mol. The van der Waals surface area contributed by atoms with Gasteiger partial charge in [0.1, 0.15) is 6.07 Å². The number of sulfone groups is 1. The molecule has 0 fully saturated rings. The third kappa shape index (κ3) is 2.78. The number of nitrogens with zero attached hydrogens (tertiary/aromatic N) is 2. The minimum absolute atomic E-state index is 0.0665. The van der Waals surface area contributed by atoms with Crippen LogP contribution in [0.5, 0.6) is 0 Å². The first-order chi connectivity index (χ1) is 10.0. The van der Waals surface area contributed by atoms with E-state index in [-0.39, 0.29) is 21.1 Å². The van der Waals surface area contributed by atoms with E-state index in [9.17, 15) is 8.42 Å². The lowest BCUT2D eigenvalue weighted by Crippen LogP contribution is -2.09. The van der Waals surface area contributed by atoms with Gasteiger partial charge >= 0.3 is 0 Å². The Labute approximate surface area is 122 Å². The zero-order valence-corrected chi connectivity index (χ0v) is 12.0. The normalized spacial score (nSPS) is 11.9. The summed E-state index contributed by atoms with van der Waals surface area (Å²) in [5.41, 5.74) is 0.668. The highest BCUT2D eigenvalue weighted by Crippen LogP contribution is 2.24. The fraction of sp³-hybridized carbons (Fsp3) is 0.0667. The second-order valence-electron chi connectivity index (χ2n) is 4.37. The summed E-state index contributed by atoms with van der Waals surface area (Å²) in [6.07, 6.45) is 0. The molecule has 0 radical (unpaired) electrons. The van der Waals surface area contributed by atoms with E-state index in [1.165, 1.54) is 24.3 Å². The molecule has 2 rings (SSSR count). The monoisotopic (exact) mass is 300 g/mol. The van der Waals surface area contributed by atoms with Gasteiger partial charge in [0.15, 0.2) is 5.71 Å². The quantitative estimate of drug-likeness (QED) is 0.535. The van der Waals surface area contributed by atoms with Crippen LogP contribution in [0.25, 0.3) is 0 Å². The number of aryl methyl sites for hydroxylation is 1. The largest absolute Gasteiger partial charge is 0.410 e. The van der Waals surface area contributed by atoms with E-state index in [1.807, 2.05) is 6.92 Å². The number of nitriles is 1. The number of benzene rings is 2. The van der Waals surface area contributed by atoms with Gasteiger partial charge in [-0.25, -0.2) is 8.42 Å². The van der Waals surface area contributed by atoms with Crippen molar-refractivity contribution in [1.29, 1.82) is 5.26 Å². The molecule has 0 saturated carbocycles. The molecule has 1 N–H and O–H groups in total. The standard InChI is InChI=1S/C15H12N2O3S/c1-11-6-8-12(9-7-11)21(19,20)15-5-3-2-4-13(15)14(10-16)17-18/h2-9,18H,1H3. The van der Waals surface area contributed by atoms with Crippen molar-refractivity contribution in [1.82, 2.24) is 0 Å². The van der Waals surface area contributed by atoms with Crippen LogP contribution in [0.15, 0.2) is 63.5 Å². The summed E-state index contributed by atoms with van der Waals surface area (Å²) >= 11 is 0. The van der Waals surface area contributed by atoms with Crippen molar-refractivity contribution >= 4 is 15.5 Å². The number of rotatable bonds is 3. The third-order valence-electron chi connectivity index (χ3n) is 2.97. The van der Waals surface area contributed by atoms with E-state index in [1.54, 1.807) is 30.3 Å². The Kier molecular flexibility index (Phi) is 4.05. The zero-order valence-electron chi connectivity index (χ0n) is 11.2. The van der Waals surface area contributed by atoms with E-state index in [0.29, 0.717) is 0 Å². The Balaban J connectivity index is 2.67. The van der Waals surface area contributed by atoms with Crippen molar-refractivity contribution < 1.29 is 13.6 Å². The minimum atomic E-state index is -3.79. The summed E-state index contributed by atoms with van der Waals surface area (Å²) in [6.45, 7) is 1.86. The average Bonchev–Trinajstić information content (AvgIpc) is 2.49. The molecule has 5 nitrogen and oxygen atoms in total. The second-order valence-corrected chi connectivity index (χ2v) is 6.29. The van der Waals surface area contributed by atoms with Crippen molar-refractivity contribution in [2.75, 3.05) is 0 Å². The molecule has 0 bridgehead atoms. The molecule has 2 aromatic carbocycles. The molecule has 106 valence electrons. The van der Waals surface area contributed by atoms with Gasteiger partial charge in [-0.1, -0.05) is 41.1 Å². The summed E-state index contributed by atoms with van der Waals surface area (Å²) in [7, 11) is -3.79. The maximum absolute atomic E-state index is 12.7. The first kappa shape index (κ1) is 14.8. The summed E-state index contributed by atoms with van der Waals surface area (Å²) in [6, 6.07) is 14.0. The molecule has 21 heavy (non-hydrogen) atoms. The van der Waals surface area contributed by atoms with E-state index < -0.39 is 9.84 Å². The van der Waals surface area contributed by atoms with Gasteiger partial charge in [0.2, 0.25) is 9.84 Å². The molecule has 6 heteroatoms. The Morgan fingerprint density at radius 2 is 1.76 bits per heavy atom. The Morgan fingerprint density at radius 3 is 2.33 bits per heavy atom. The molecule has 0 unspecified atom stereocenters. The second kappa shape index (κ2) is 5.77. The van der Waals surface area contributed by atoms with Crippen LogP contribution >= 0.6 is 0 Å². The summed E-state index contributed by atoms with van der Waals surface area (Å²) < 4.78 is 25.3. The van der Waals surface area contributed by atoms with Crippen LogP contribution in [0.2, 0.25) is 0 Å². The van der Waals surface area contributed by atoms with Crippen molar-refractivity contribution in [3.8, 4) is 6.07 Å². The Bertz CT molecular complexity index is 832.